The van der Waals surface area contributed by atoms with Crippen molar-refractivity contribution in [1.29, 1.82) is 5.41 Å². The van der Waals surface area contributed by atoms with Crippen LogP contribution in [-0.4, -0.2) is 36.6 Å². The fraction of sp³-hybridized carbons (Fsp3) is 0.222. The van der Waals surface area contributed by atoms with E-state index in [0.29, 0.717) is 27.5 Å². The third-order valence-corrected chi connectivity index (χ3v) is 5.81. The van der Waals surface area contributed by atoms with Gasteiger partial charge in [-0.3, -0.25) is 20.9 Å². The molecule has 148 valence electrons. The van der Waals surface area contributed by atoms with Crippen LogP contribution in [0.3, 0.4) is 0 Å². The first-order valence-electron chi connectivity index (χ1n) is 8.34. The first-order valence-corrected chi connectivity index (χ1v) is 9.83. The number of carbonyl (C=O) groups is 1. The Morgan fingerprint density at radius 2 is 1.82 bits per heavy atom. The third kappa shape index (κ3) is 3.57. The molecule has 3 aromatic rings. The SMILES string of the molecule is CC(C)C(NS(=O)(=O)c1ccc2c(c1)oc1ccc(C(=N)NO)cc12)C(=O)O. The quantitative estimate of drug-likeness (QED) is 0.239. The summed E-state index contributed by atoms with van der Waals surface area (Å²) < 4.78 is 33.1. The molecule has 0 spiro atoms. The Balaban J connectivity index is 2.05. The largest absolute Gasteiger partial charge is 0.480 e. The van der Waals surface area contributed by atoms with Crippen LogP contribution in [0.2, 0.25) is 0 Å². The summed E-state index contributed by atoms with van der Waals surface area (Å²) in [6.45, 7) is 3.22. The molecular weight excluding hydrogens is 386 g/mol. The van der Waals surface area contributed by atoms with Crippen molar-refractivity contribution in [3.63, 3.8) is 0 Å². The zero-order valence-corrected chi connectivity index (χ0v) is 15.9. The van der Waals surface area contributed by atoms with Gasteiger partial charge in [0, 0.05) is 22.4 Å². The summed E-state index contributed by atoms with van der Waals surface area (Å²) in [7, 11) is -4.07. The number of hydrogen-bond donors (Lipinski definition) is 5. The predicted molar refractivity (Wildman–Crippen MR) is 102 cm³/mol. The van der Waals surface area contributed by atoms with Gasteiger partial charge in [-0.1, -0.05) is 13.8 Å². The molecule has 2 aromatic carbocycles. The highest BCUT2D eigenvalue weighted by atomic mass is 32.2. The van der Waals surface area contributed by atoms with Crippen molar-refractivity contribution in [2.75, 3.05) is 0 Å². The summed E-state index contributed by atoms with van der Waals surface area (Å²) in [6, 6.07) is 7.82. The number of sulfonamides is 1. The summed E-state index contributed by atoms with van der Waals surface area (Å²) in [5.41, 5.74) is 2.98. The first-order chi connectivity index (χ1) is 13.1. The average Bonchev–Trinajstić information content (AvgIpc) is 3.02. The second-order valence-corrected chi connectivity index (χ2v) is 8.35. The van der Waals surface area contributed by atoms with Crippen LogP contribution in [0.4, 0.5) is 0 Å². The number of amidine groups is 1. The fourth-order valence-electron chi connectivity index (χ4n) is 2.85. The summed E-state index contributed by atoms with van der Waals surface area (Å²) in [5, 5.41) is 27.0. The van der Waals surface area contributed by atoms with E-state index in [1.165, 1.54) is 12.1 Å². The number of rotatable bonds is 6. The van der Waals surface area contributed by atoms with Gasteiger partial charge in [-0.15, -0.1) is 0 Å². The van der Waals surface area contributed by atoms with E-state index in [1.54, 1.807) is 43.6 Å². The van der Waals surface area contributed by atoms with Crippen LogP contribution in [0.5, 0.6) is 0 Å². The average molecular weight is 405 g/mol. The molecule has 1 unspecified atom stereocenters. The fourth-order valence-corrected chi connectivity index (χ4v) is 4.20. The van der Waals surface area contributed by atoms with Crippen LogP contribution >= 0.6 is 0 Å². The Kier molecular flexibility index (Phi) is 5.11. The lowest BCUT2D eigenvalue weighted by Crippen LogP contribution is -2.44. The molecule has 0 amide bonds. The molecule has 1 aromatic heterocycles. The lowest BCUT2D eigenvalue weighted by atomic mass is 10.1. The second kappa shape index (κ2) is 7.23. The van der Waals surface area contributed by atoms with Crippen molar-refractivity contribution in [2.24, 2.45) is 5.92 Å². The molecule has 0 radical (unpaired) electrons. The molecule has 0 saturated carbocycles. The van der Waals surface area contributed by atoms with Crippen molar-refractivity contribution in [3.8, 4) is 0 Å². The molecule has 10 heteroatoms. The molecule has 5 N–H and O–H groups in total. The number of hydroxylamine groups is 1. The van der Waals surface area contributed by atoms with Crippen LogP contribution < -0.4 is 10.2 Å². The molecule has 0 bridgehead atoms. The minimum atomic E-state index is -4.07. The zero-order chi connectivity index (χ0) is 20.6. The van der Waals surface area contributed by atoms with E-state index in [-0.39, 0.29) is 10.7 Å². The van der Waals surface area contributed by atoms with E-state index in [9.17, 15) is 18.3 Å². The van der Waals surface area contributed by atoms with Crippen molar-refractivity contribution in [1.82, 2.24) is 10.2 Å². The van der Waals surface area contributed by atoms with Gasteiger partial charge in [-0.2, -0.15) is 4.72 Å². The van der Waals surface area contributed by atoms with Crippen LogP contribution in [0.15, 0.2) is 45.7 Å². The second-order valence-electron chi connectivity index (χ2n) is 6.64. The number of benzene rings is 2. The molecule has 3 rings (SSSR count). The van der Waals surface area contributed by atoms with E-state index in [0.717, 1.165) is 0 Å². The van der Waals surface area contributed by atoms with Crippen molar-refractivity contribution >= 4 is 43.8 Å². The van der Waals surface area contributed by atoms with Gasteiger partial charge >= 0.3 is 5.97 Å². The third-order valence-electron chi connectivity index (χ3n) is 4.37. The summed E-state index contributed by atoms with van der Waals surface area (Å²) in [6.07, 6.45) is 0. The Morgan fingerprint density at radius 1 is 1.11 bits per heavy atom. The molecule has 28 heavy (non-hydrogen) atoms. The summed E-state index contributed by atoms with van der Waals surface area (Å²) >= 11 is 0. The van der Waals surface area contributed by atoms with Gasteiger partial charge < -0.3 is 9.52 Å². The maximum Gasteiger partial charge on any atom is 0.322 e. The minimum Gasteiger partial charge on any atom is -0.480 e. The van der Waals surface area contributed by atoms with Crippen molar-refractivity contribution in [2.45, 2.75) is 24.8 Å². The first kappa shape index (κ1) is 19.8. The lowest BCUT2D eigenvalue weighted by Gasteiger charge is -2.17. The highest BCUT2D eigenvalue weighted by molar-refractivity contribution is 7.89. The van der Waals surface area contributed by atoms with Crippen LogP contribution in [0.25, 0.3) is 21.9 Å². The molecule has 9 nitrogen and oxygen atoms in total. The Labute approximate surface area is 160 Å². The molecule has 0 fully saturated rings. The normalized spacial score (nSPS) is 13.1. The number of fused-ring (bicyclic) bond motifs is 3. The monoisotopic (exact) mass is 405 g/mol. The highest BCUT2D eigenvalue weighted by Crippen LogP contribution is 2.31. The van der Waals surface area contributed by atoms with Crippen LogP contribution in [-0.2, 0) is 14.8 Å². The molecule has 0 aliphatic heterocycles. The van der Waals surface area contributed by atoms with Gasteiger partial charge in [0.1, 0.15) is 23.0 Å². The Bertz CT molecular complexity index is 1180. The molecular formula is C18H19N3O6S. The number of carboxylic acids is 1. The van der Waals surface area contributed by atoms with Gasteiger partial charge in [0.05, 0.1) is 4.90 Å². The maximum atomic E-state index is 12.6. The highest BCUT2D eigenvalue weighted by Gasteiger charge is 2.28. The van der Waals surface area contributed by atoms with Gasteiger partial charge in [0.2, 0.25) is 10.0 Å². The smallest absolute Gasteiger partial charge is 0.322 e. The van der Waals surface area contributed by atoms with Crippen LogP contribution in [0, 0.1) is 11.3 Å². The molecule has 0 aliphatic carbocycles. The molecule has 0 aliphatic rings. The summed E-state index contributed by atoms with van der Waals surface area (Å²) in [5.74, 6) is -1.88. The van der Waals surface area contributed by atoms with E-state index in [2.05, 4.69) is 4.72 Å². The van der Waals surface area contributed by atoms with Gasteiger partial charge in [-0.25, -0.2) is 8.42 Å². The van der Waals surface area contributed by atoms with Gasteiger partial charge in [0.15, 0.2) is 0 Å². The van der Waals surface area contributed by atoms with Crippen molar-refractivity contribution in [3.05, 3.63) is 42.0 Å². The molecule has 1 atom stereocenters. The lowest BCUT2D eigenvalue weighted by molar-refractivity contribution is -0.140. The standard InChI is InChI=1S/C18H19N3O6S/c1-9(2)16(18(22)23)21-28(25,26)11-4-5-12-13-7-10(17(19)20-24)3-6-14(13)27-15(12)8-11/h3-9,16,21,24H,1-2H3,(H2,19,20)(H,22,23). The van der Waals surface area contributed by atoms with Crippen molar-refractivity contribution < 1.29 is 27.9 Å². The molecule has 1 heterocycles. The maximum absolute atomic E-state index is 12.6. The van der Waals surface area contributed by atoms with E-state index < -0.39 is 28.0 Å². The van der Waals surface area contributed by atoms with Crippen LogP contribution in [0.1, 0.15) is 19.4 Å². The van der Waals surface area contributed by atoms with Gasteiger partial charge in [-0.05, 0) is 36.2 Å². The number of nitrogens with one attached hydrogen (secondary N) is 3. The number of furan rings is 1. The van der Waals surface area contributed by atoms with E-state index in [1.807, 2.05) is 0 Å². The zero-order valence-electron chi connectivity index (χ0n) is 15.1. The number of carboxylic acid groups (broad SMARTS) is 1. The molecule has 0 saturated heterocycles. The minimum absolute atomic E-state index is 0.115. The Morgan fingerprint density at radius 3 is 2.43 bits per heavy atom. The number of aliphatic carboxylic acids is 1. The topological polar surface area (TPSA) is 153 Å². The van der Waals surface area contributed by atoms with E-state index in [4.69, 9.17) is 15.0 Å². The summed E-state index contributed by atoms with van der Waals surface area (Å²) in [4.78, 5) is 11.2. The van der Waals surface area contributed by atoms with Gasteiger partial charge in [0.25, 0.3) is 0 Å². The number of hydrogen-bond acceptors (Lipinski definition) is 6. The Hall–Kier alpha value is -2.95. The predicted octanol–water partition coefficient (Wildman–Crippen LogP) is 2.28. The van der Waals surface area contributed by atoms with E-state index >= 15 is 0 Å².